The van der Waals surface area contributed by atoms with E-state index in [0.29, 0.717) is 10.0 Å². The molecule has 16 heavy (non-hydrogen) atoms. The first-order valence-electron chi connectivity index (χ1n) is 4.68. The van der Waals surface area contributed by atoms with E-state index in [-0.39, 0.29) is 0 Å². The predicted octanol–water partition coefficient (Wildman–Crippen LogP) is 3.04. The molecule has 2 aromatic rings. The van der Waals surface area contributed by atoms with Crippen LogP contribution in [0, 0.1) is 0 Å². The average Bonchev–Trinajstić information content (AvgIpc) is 2.30. The molecule has 0 fully saturated rings. The highest BCUT2D eigenvalue weighted by molar-refractivity contribution is 7.80. The SMILES string of the molecule is NC(=S)c1ccnc(-c2ccc(Cl)cc2)c1. The number of benzene rings is 1. The fourth-order valence-electron chi connectivity index (χ4n) is 1.36. The first kappa shape index (κ1) is 11.0. The molecule has 1 heterocycles. The summed E-state index contributed by atoms with van der Waals surface area (Å²) in [7, 11) is 0. The van der Waals surface area contributed by atoms with Gasteiger partial charge in [0.25, 0.3) is 0 Å². The number of hydrogen-bond donors (Lipinski definition) is 1. The lowest BCUT2D eigenvalue weighted by Crippen LogP contribution is -2.09. The molecule has 1 aromatic carbocycles. The second kappa shape index (κ2) is 4.60. The second-order valence-electron chi connectivity index (χ2n) is 3.30. The van der Waals surface area contributed by atoms with Gasteiger partial charge in [-0.1, -0.05) is 36.0 Å². The molecule has 0 saturated heterocycles. The molecule has 2 rings (SSSR count). The molecular weight excluding hydrogens is 240 g/mol. The minimum Gasteiger partial charge on any atom is -0.389 e. The van der Waals surface area contributed by atoms with Crippen LogP contribution >= 0.6 is 23.8 Å². The van der Waals surface area contributed by atoms with Crippen LogP contribution in [-0.4, -0.2) is 9.97 Å². The van der Waals surface area contributed by atoms with Gasteiger partial charge in [-0.15, -0.1) is 0 Å². The van der Waals surface area contributed by atoms with Crippen molar-refractivity contribution in [3.8, 4) is 11.3 Å². The standard InChI is InChI=1S/C12H9ClN2S/c13-10-3-1-8(2-4-10)11-7-9(12(14)16)5-6-15-11/h1-7H,(H2,14,16). The molecule has 0 amide bonds. The van der Waals surface area contributed by atoms with Gasteiger partial charge >= 0.3 is 0 Å². The molecule has 80 valence electrons. The van der Waals surface area contributed by atoms with E-state index in [9.17, 15) is 0 Å². The summed E-state index contributed by atoms with van der Waals surface area (Å²) in [6, 6.07) is 11.1. The van der Waals surface area contributed by atoms with Crippen molar-refractivity contribution in [2.24, 2.45) is 5.73 Å². The third-order valence-electron chi connectivity index (χ3n) is 2.18. The van der Waals surface area contributed by atoms with Gasteiger partial charge in [0.05, 0.1) is 5.69 Å². The van der Waals surface area contributed by atoms with Gasteiger partial charge in [-0.05, 0) is 24.3 Å². The number of aromatic nitrogens is 1. The Morgan fingerprint density at radius 2 is 1.88 bits per heavy atom. The highest BCUT2D eigenvalue weighted by Gasteiger charge is 2.02. The molecule has 1 aromatic heterocycles. The molecule has 0 atom stereocenters. The Kier molecular flexibility index (Phi) is 3.17. The summed E-state index contributed by atoms with van der Waals surface area (Å²) in [5, 5.41) is 0.703. The quantitative estimate of drug-likeness (QED) is 0.831. The fourth-order valence-corrected chi connectivity index (χ4v) is 1.62. The number of rotatable bonds is 2. The molecule has 0 unspecified atom stereocenters. The van der Waals surface area contributed by atoms with Gasteiger partial charge in [0.1, 0.15) is 4.99 Å². The highest BCUT2D eigenvalue weighted by atomic mass is 35.5. The number of nitrogens with two attached hydrogens (primary N) is 1. The molecule has 2 nitrogen and oxygen atoms in total. The van der Waals surface area contributed by atoms with Crippen LogP contribution in [0.5, 0.6) is 0 Å². The maximum atomic E-state index is 5.82. The summed E-state index contributed by atoms with van der Waals surface area (Å²) in [5.74, 6) is 0. The Morgan fingerprint density at radius 1 is 1.19 bits per heavy atom. The van der Waals surface area contributed by atoms with E-state index in [1.54, 1.807) is 12.3 Å². The van der Waals surface area contributed by atoms with E-state index >= 15 is 0 Å². The van der Waals surface area contributed by atoms with Gasteiger partial charge in [-0.25, -0.2) is 0 Å². The molecule has 0 radical (unpaired) electrons. The first-order chi connectivity index (χ1) is 7.66. The lowest BCUT2D eigenvalue weighted by Gasteiger charge is -2.03. The molecule has 0 aliphatic carbocycles. The summed E-state index contributed by atoms with van der Waals surface area (Å²) >= 11 is 10.7. The predicted molar refractivity (Wildman–Crippen MR) is 70.6 cm³/mol. The van der Waals surface area contributed by atoms with Crippen LogP contribution in [0.4, 0.5) is 0 Å². The van der Waals surface area contributed by atoms with Crippen LogP contribution < -0.4 is 5.73 Å². The third kappa shape index (κ3) is 2.38. The van der Waals surface area contributed by atoms with Crippen LogP contribution in [0.2, 0.25) is 5.02 Å². The normalized spacial score (nSPS) is 10.1. The van der Waals surface area contributed by atoms with Crippen molar-refractivity contribution in [1.29, 1.82) is 0 Å². The summed E-state index contributed by atoms with van der Waals surface area (Å²) in [6.45, 7) is 0. The van der Waals surface area contributed by atoms with Crippen molar-refractivity contribution in [2.45, 2.75) is 0 Å². The van der Waals surface area contributed by atoms with Gasteiger partial charge in [-0.2, -0.15) is 0 Å². The van der Waals surface area contributed by atoms with Gasteiger partial charge in [-0.3, -0.25) is 4.98 Å². The van der Waals surface area contributed by atoms with E-state index in [1.807, 2.05) is 30.3 Å². The summed E-state index contributed by atoms with van der Waals surface area (Å²) in [6.07, 6.45) is 1.69. The number of halogens is 1. The van der Waals surface area contributed by atoms with Gasteiger partial charge in [0.2, 0.25) is 0 Å². The van der Waals surface area contributed by atoms with E-state index < -0.39 is 0 Å². The van der Waals surface area contributed by atoms with E-state index in [2.05, 4.69) is 4.98 Å². The molecule has 2 N–H and O–H groups in total. The molecule has 0 saturated carbocycles. The number of hydrogen-bond acceptors (Lipinski definition) is 2. The van der Waals surface area contributed by atoms with E-state index in [1.165, 1.54) is 0 Å². The maximum absolute atomic E-state index is 5.82. The summed E-state index contributed by atoms with van der Waals surface area (Å²) in [4.78, 5) is 4.64. The Balaban J connectivity index is 2.44. The van der Waals surface area contributed by atoms with Crippen LogP contribution in [0.15, 0.2) is 42.6 Å². The van der Waals surface area contributed by atoms with Crippen molar-refractivity contribution < 1.29 is 0 Å². The lowest BCUT2D eigenvalue weighted by molar-refractivity contribution is 1.32. The zero-order chi connectivity index (χ0) is 11.5. The maximum Gasteiger partial charge on any atom is 0.104 e. The Hall–Kier alpha value is -1.45. The molecule has 0 bridgehead atoms. The van der Waals surface area contributed by atoms with Crippen molar-refractivity contribution in [3.05, 3.63) is 53.2 Å². The van der Waals surface area contributed by atoms with Gasteiger partial charge in [0.15, 0.2) is 0 Å². The van der Waals surface area contributed by atoms with Crippen LogP contribution in [-0.2, 0) is 0 Å². The monoisotopic (exact) mass is 248 g/mol. The van der Waals surface area contributed by atoms with Crippen molar-refractivity contribution >= 4 is 28.8 Å². The Bertz CT molecular complexity index is 523. The van der Waals surface area contributed by atoms with Gasteiger partial charge in [0, 0.05) is 22.3 Å². The largest absolute Gasteiger partial charge is 0.389 e. The molecule has 0 aliphatic heterocycles. The fraction of sp³-hybridized carbons (Fsp3) is 0. The van der Waals surface area contributed by atoms with Crippen molar-refractivity contribution in [2.75, 3.05) is 0 Å². The Labute approximate surface area is 104 Å². The minimum atomic E-state index is 0.373. The number of thiocarbonyl (C=S) groups is 1. The van der Waals surface area contributed by atoms with Crippen LogP contribution in [0.25, 0.3) is 11.3 Å². The van der Waals surface area contributed by atoms with Crippen LogP contribution in [0.3, 0.4) is 0 Å². The molecule has 0 spiro atoms. The van der Waals surface area contributed by atoms with Crippen molar-refractivity contribution in [1.82, 2.24) is 4.98 Å². The lowest BCUT2D eigenvalue weighted by atomic mass is 10.1. The summed E-state index contributed by atoms with van der Waals surface area (Å²) in [5.41, 5.74) is 8.21. The summed E-state index contributed by atoms with van der Waals surface area (Å²) < 4.78 is 0. The van der Waals surface area contributed by atoms with Gasteiger partial charge < -0.3 is 5.73 Å². The van der Waals surface area contributed by atoms with E-state index in [0.717, 1.165) is 16.8 Å². The Morgan fingerprint density at radius 3 is 2.50 bits per heavy atom. The topological polar surface area (TPSA) is 38.9 Å². The van der Waals surface area contributed by atoms with E-state index in [4.69, 9.17) is 29.6 Å². The molecule has 0 aliphatic rings. The minimum absolute atomic E-state index is 0.373. The smallest absolute Gasteiger partial charge is 0.104 e. The average molecular weight is 249 g/mol. The second-order valence-corrected chi connectivity index (χ2v) is 4.18. The number of pyridine rings is 1. The molecular formula is C12H9ClN2S. The van der Waals surface area contributed by atoms with Crippen molar-refractivity contribution in [3.63, 3.8) is 0 Å². The molecule has 4 heteroatoms. The highest BCUT2D eigenvalue weighted by Crippen LogP contribution is 2.20. The number of nitrogens with zero attached hydrogens (tertiary/aromatic N) is 1. The van der Waals surface area contributed by atoms with Crippen LogP contribution in [0.1, 0.15) is 5.56 Å². The first-order valence-corrected chi connectivity index (χ1v) is 5.47. The zero-order valence-electron chi connectivity index (χ0n) is 8.35. The zero-order valence-corrected chi connectivity index (χ0v) is 9.92. The third-order valence-corrected chi connectivity index (χ3v) is 2.67.